The lowest BCUT2D eigenvalue weighted by molar-refractivity contribution is -0.131. The molecule has 3 fully saturated rings. The van der Waals surface area contributed by atoms with E-state index in [0.717, 1.165) is 15.9 Å². The van der Waals surface area contributed by atoms with Crippen LogP contribution in [0.2, 0.25) is 5.02 Å². The fraction of sp³-hybridized carbons (Fsp3) is 0.262. The highest BCUT2D eigenvalue weighted by Gasteiger charge is 2.68. The number of benzene rings is 4. The minimum absolute atomic E-state index is 0.0826. The molecular weight excluding hydrogens is 699 g/mol. The smallest absolute Gasteiger partial charge is 0.241 e. The third-order valence-corrected chi connectivity index (χ3v) is 11.8. The number of aromatic hydroxyl groups is 1. The fourth-order valence-corrected chi connectivity index (χ4v) is 9.22. The molecule has 268 valence electrons. The largest absolute Gasteiger partial charge is 0.504 e. The molecule has 0 bridgehead atoms. The van der Waals surface area contributed by atoms with E-state index in [9.17, 15) is 33.5 Å². The van der Waals surface area contributed by atoms with Gasteiger partial charge in [-0.15, -0.1) is 0 Å². The lowest BCUT2D eigenvalue weighted by Gasteiger charge is -2.49. The summed E-state index contributed by atoms with van der Waals surface area (Å²) in [4.78, 5) is 72.9. The maximum atomic E-state index is 14.7. The van der Waals surface area contributed by atoms with E-state index in [1.54, 1.807) is 80.6 Å². The number of phenolic OH excluding ortho intramolecular Hbond substituents is 1. The molecule has 4 aromatic rings. The highest BCUT2D eigenvalue weighted by Crippen LogP contribution is 2.65. The minimum Gasteiger partial charge on any atom is -0.504 e. The van der Waals surface area contributed by atoms with E-state index in [0.29, 0.717) is 28.0 Å². The molecule has 0 radical (unpaired) electrons. The number of ketones is 1. The summed E-state index contributed by atoms with van der Waals surface area (Å²) in [6, 6.07) is 23.8. The number of amides is 4. The number of halogens is 2. The normalized spacial score (nSPS) is 26.3. The van der Waals surface area contributed by atoms with E-state index in [-0.39, 0.29) is 53.3 Å². The zero-order valence-corrected chi connectivity index (χ0v) is 29.5. The number of hydrogen-bond donors (Lipinski definition) is 1. The third-order valence-electron chi connectivity index (χ3n) is 11.5. The maximum absolute atomic E-state index is 14.7. The molecule has 2 aliphatic heterocycles. The number of nitrogens with zero attached hydrogens (tertiary/aromatic N) is 2. The number of carbonyl (C=O) groups is 5. The van der Waals surface area contributed by atoms with Crippen molar-refractivity contribution >= 4 is 52.4 Å². The molecule has 4 aliphatic rings. The summed E-state index contributed by atoms with van der Waals surface area (Å²) in [5, 5.41) is 11.4. The Morgan fingerprint density at radius 2 is 1.57 bits per heavy atom. The first-order valence-corrected chi connectivity index (χ1v) is 17.9. The van der Waals surface area contributed by atoms with E-state index >= 15 is 0 Å². The monoisotopic (exact) mass is 732 g/mol. The minimum atomic E-state index is -1.44. The Hall–Kier alpha value is -5.61. The van der Waals surface area contributed by atoms with Crippen molar-refractivity contribution in [3.05, 3.63) is 130 Å². The van der Waals surface area contributed by atoms with Gasteiger partial charge in [0.05, 0.1) is 46.2 Å². The molecule has 2 heterocycles. The van der Waals surface area contributed by atoms with Gasteiger partial charge in [-0.05, 0) is 81.1 Å². The van der Waals surface area contributed by atoms with Crippen molar-refractivity contribution in [2.45, 2.75) is 32.6 Å². The van der Waals surface area contributed by atoms with Crippen molar-refractivity contribution in [3.63, 3.8) is 0 Å². The molecular formula is C42H34ClFN2O7. The highest BCUT2D eigenvalue weighted by molar-refractivity contribution is 6.32. The molecule has 9 nitrogen and oxygen atoms in total. The molecule has 0 unspecified atom stereocenters. The second kappa shape index (κ2) is 12.8. The van der Waals surface area contributed by atoms with Crippen LogP contribution in [0.4, 0.5) is 15.8 Å². The lowest BCUT2D eigenvalue weighted by atomic mass is 9.51. The van der Waals surface area contributed by atoms with Crippen molar-refractivity contribution in [1.29, 1.82) is 0 Å². The second-order valence-electron chi connectivity index (χ2n) is 14.1. The highest BCUT2D eigenvalue weighted by atomic mass is 35.5. The number of ether oxygens (including phenoxy) is 1. The van der Waals surface area contributed by atoms with E-state index in [2.05, 4.69) is 0 Å². The average molecular weight is 733 g/mol. The molecule has 8 rings (SSSR count). The Balaban J connectivity index is 1.20. The summed E-state index contributed by atoms with van der Waals surface area (Å²) in [5.41, 5.74) is 0.936. The number of fused-ring (bicyclic) bond motifs is 4. The standard InChI is InChI=1S/C42H34ClFN2O7/c1-3-53-33-11-7-10-28(37(33)48)35-26-17-18-27-34(29(26)21-30-39(50)46(41(52)42(30,35)2)25-16-19-32(44)31(43)20-25)40(51)45(38(27)49)24-14-12-23(13-15-24)36(47)22-8-5-4-6-9-22/h4-17,19-20,27,29-30,34-35,48H,3,18,21H2,1-2H3/t27-,29+,30-,34-,35+,42+/m0/s1. The maximum Gasteiger partial charge on any atom is 0.241 e. The molecule has 1 saturated carbocycles. The van der Waals surface area contributed by atoms with Gasteiger partial charge in [0.25, 0.3) is 0 Å². The number of phenols is 1. The third kappa shape index (κ3) is 5.14. The summed E-state index contributed by atoms with van der Waals surface area (Å²) in [6.45, 7) is 3.73. The van der Waals surface area contributed by atoms with Crippen LogP contribution in [0.3, 0.4) is 0 Å². The number of allylic oxidation sites excluding steroid dienone is 2. The van der Waals surface area contributed by atoms with Crippen LogP contribution in [0.15, 0.2) is 103 Å². The van der Waals surface area contributed by atoms with Crippen molar-refractivity contribution in [1.82, 2.24) is 0 Å². The van der Waals surface area contributed by atoms with Crippen LogP contribution in [0.1, 0.15) is 54.1 Å². The number of imide groups is 2. The first-order valence-electron chi connectivity index (χ1n) is 17.5. The Morgan fingerprint density at radius 1 is 0.868 bits per heavy atom. The Labute approximate surface area is 309 Å². The predicted octanol–water partition coefficient (Wildman–Crippen LogP) is 7.25. The van der Waals surface area contributed by atoms with Gasteiger partial charge in [0, 0.05) is 22.6 Å². The number of carbonyl (C=O) groups excluding carboxylic acids is 5. The summed E-state index contributed by atoms with van der Waals surface area (Å²) in [6.07, 6.45) is 2.17. The van der Waals surface area contributed by atoms with E-state index in [1.807, 2.05) is 12.1 Å². The van der Waals surface area contributed by atoms with E-state index in [1.165, 1.54) is 12.1 Å². The average Bonchev–Trinajstić information content (AvgIpc) is 3.53. The predicted molar refractivity (Wildman–Crippen MR) is 194 cm³/mol. The van der Waals surface area contributed by atoms with Gasteiger partial charge in [-0.25, -0.2) is 9.29 Å². The Morgan fingerprint density at radius 3 is 2.26 bits per heavy atom. The molecule has 0 aromatic heterocycles. The van der Waals surface area contributed by atoms with Gasteiger partial charge in [-0.3, -0.25) is 28.9 Å². The second-order valence-corrected chi connectivity index (χ2v) is 14.5. The molecule has 53 heavy (non-hydrogen) atoms. The van der Waals surface area contributed by atoms with Gasteiger partial charge < -0.3 is 9.84 Å². The van der Waals surface area contributed by atoms with Crippen molar-refractivity contribution in [2.75, 3.05) is 16.4 Å². The lowest BCUT2D eigenvalue weighted by Crippen LogP contribution is -2.48. The van der Waals surface area contributed by atoms with Gasteiger partial charge in [0.2, 0.25) is 23.6 Å². The van der Waals surface area contributed by atoms with Gasteiger partial charge >= 0.3 is 0 Å². The fourth-order valence-electron chi connectivity index (χ4n) is 9.05. The number of anilines is 2. The molecule has 2 saturated heterocycles. The topological polar surface area (TPSA) is 121 Å². The summed E-state index contributed by atoms with van der Waals surface area (Å²) in [5.74, 6) is -6.88. The quantitative estimate of drug-likeness (QED) is 0.121. The molecule has 1 N–H and O–H groups in total. The van der Waals surface area contributed by atoms with Gasteiger partial charge in [-0.2, -0.15) is 0 Å². The van der Waals surface area contributed by atoms with Crippen molar-refractivity contribution < 1.29 is 38.2 Å². The van der Waals surface area contributed by atoms with Crippen LogP contribution in [0, 0.1) is 34.9 Å². The number of rotatable bonds is 7. The van der Waals surface area contributed by atoms with Gasteiger partial charge in [-0.1, -0.05) is 65.7 Å². The van der Waals surface area contributed by atoms with Crippen LogP contribution in [0.25, 0.3) is 0 Å². The van der Waals surface area contributed by atoms with Crippen LogP contribution in [0.5, 0.6) is 11.5 Å². The molecule has 11 heteroatoms. The molecule has 0 spiro atoms. The van der Waals surface area contributed by atoms with E-state index < -0.39 is 58.5 Å². The van der Waals surface area contributed by atoms with Crippen LogP contribution < -0.4 is 14.5 Å². The molecule has 4 amide bonds. The summed E-state index contributed by atoms with van der Waals surface area (Å²) < 4.78 is 19.9. The van der Waals surface area contributed by atoms with Crippen LogP contribution in [-0.4, -0.2) is 41.1 Å². The molecule has 6 atom stereocenters. The van der Waals surface area contributed by atoms with Crippen molar-refractivity contribution in [3.8, 4) is 11.5 Å². The molecule has 4 aromatic carbocycles. The zero-order valence-electron chi connectivity index (χ0n) is 28.8. The summed E-state index contributed by atoms with van der Waals surface area (Å²) >= 11 is 6.10. The molecule has 2 aliphatic carbocycles. The van der Waals surface area contributed by atoms with Crippen LogP contribution >= 0.6 is 11.6 Å². The zero-order chi connectivity index (χ0) is 37.3. The number of para-hydroxylation sites is 1. The van der Waals surface area contributed by atoms with Crippen LogP contribution in [-0.2, 0) is 19.2 Å². The van der Waals surface area contributed by atoms with E-state index in [4.69, 9.17) is 16.3 Å². The van der Waals surface area contributed by atoms with Gasteiger partial charge in [0.15, 0.2) is 17.3 Å². The van der Waals surface area contributed by atoms with Crippen molar-refractivity contribution in [2.24, 2.45) is 29.1 Å². The summed E-state index contributed by atoms with van der Waals surface area (Å²) in [7, 11) is 0. The number of hydrogen-bond acceptors (Lipinski definition) is 7. The Bertz CT molecular complexity index is 2260. The SMILES string of the molecule is CCOc1cccc([C@H]2C3=CC[C@@H]4C(=O)N(c5ccc(C(=O)c6ccccc6)cc5)C(=O)[C@@H]4[C@@H]3C[C@H]3C(=O)N(c4ccc(F)c(Cl)c4)C(=O)[C@@]23C)c1O. The first kappa shape index (κ1) is 34.5. The first-order chi connectivity index (χ1) is 25.5. The Kier molecular flexibility index (Phi) is 8.33. The van der Waals surface area contributed by atoms with Gasteiger partial charge in [0.1, 0.15) is 5.82 Å².